The minimum absolute atomic E-state index is 0.0305. The number of rotatable bonds is 6. The fourth-order valence-corrected chi connectivity index (χ4v) is 2.49. The van der Waals surface area contributed by atoms with Gasteiger partial charge in [-0.3, -0.25) is 9.59 Å². The van der Waals surface area contributed by atoms with Gasteiger partial charge in [-0.05, 0) is 24.6 Å². The zero-order valence-corrected chi connectivity index (χ0v) is 15.5. The van der Waals surface area contributed by atoms with Gasteiger partial charge in [0.1, 0.15) is 5.56 Å². The van der Waals surface area contributed by atoms with E-state index in [-0.39, 0.29) is 28.7 Å². The van der Waals surface area contributed by atoms with Crippen LogP contribution in [0.15, 0.2) is 18.2 Å². The molecule has 2 aromatic rings. The van der Waals surface area contributed by atoms with Gasteiger partial charge in [-0.2, -0.15) is 8.78 Å². The molecule has 2 N–H and O–H groups in total. The number of anilines is 2. The molecule has 0 fully saturated rings. The van der Waals surface area contributed by atoms with Crippen molar-refractivity contribution < 1.29 is 31.9 Å². The first-order valence-electron chi connectivity index (χ1n) is 8.01. The van der Waals surface area contributed by atoms with Gasteiger partial charge in [0.25, 0.3) is 5.91 Å². The molecule has 0 saturated carbocycles. The molecule has 0 radical (unpaired) electrons. The Morgan fingerprint density at radius 1 is 1.04 bits per heavy atom. The van der Waals surface area contributed by atoms with Crippen molar-refractivity contribution in [1.82, 2.24) is 0 Å². The number of benzene rings is 2. The lowest BCUT2D eigenvalue weighted by atomic mass is 10.1. The van der Waals surface area contributed by atoms with E-state index in [0.717, 1.165) is 7.11 Å². The highest BCUT2D eigenvalue weighted by Crippen LogP contribution is 2.31. The number of hydrogen-bond donors (Lipinski definition) is 2. The highest BCUT2D eigenvalue weighted by Gasteiger charge is 2.30. The van der Waals surface area contributed by atoms with E-state index < -0.39 is 40.5 Å². The lowest BCUT2D eigenvalue weighted by Gasteiger charge is -2.13. The Kier molecular flexibility index (Phi) is 6.85. The molecule has 0 bridgehead atoms. The summed E-state index contributed by atoms with van der Waals surface area (Å²) in [5, 5.41) is 4.58. The fourth-order valence-electron chi connectivity index (χ4n) is 2.32. The Balaban J connectivity index is 2.37. The molecule has 0 spiro atoms. The summed E-state index contributed by atoms with van der Waals surface area (Å²) >= 11 is 5.93. The Hall–Kier alpha value is -2.81. The molecular weight excluding hydrogens is 404 g/mol. The van der Waals surface area contributed by atoms with Crippen molar-refractivity contribution in [3.8, 4) is 5.75 Å². The quantitative estimate of drug-likeness (QED) is 0.518. The van der Waals surface area contributed by atoms with Crippen LogP contribution in [0.1, 0.15) is 30.1 Å². The molecule has 2 rings (SSSR count). The Morgan fingerprint density at radius 3 is 2.18 bits per heavy atom. The standard InChI is InChI=1S/C18H15ClF4N2O3/c1-3-4-11(26)24-8-5-6-9(19)10(7-8)25-18(27)12-13(20)15(22)17(28-2)16(23)14(12)21/h5-7H,3-4H2,1-2H3,(H,24,26)(H,25,27). The van der Waals surface area contributed by atoms with Crippen LogP contribution in [-0.4, -0.2) is 18.9 Å². The van der Waals surface area contributed by atoms with Gasteiger partial charge in [-0.25, -0.2) is 8.78 Å². The lowest BCUT2D eigenvalue weighted by Crippen LogP contribution is -2.19. The van der Waals surface area contributed by atoms with Crippen molar-refractivity contribution in [2.45, 2.75) is 19.8 Å². The van der Waals surface area contributed by atoms with E-state index in [4.69, 9.17) is 11.6 Å². The molecule has 10 heteroatoms. The van der Waals surface area contributed by atoms with Crippen LogP contribution in [0.4, 0.5) is 28.9 Å². The second kappa shape index (κ2) is 8.92. The number of carbonyl (C=O) groups is 2. The summed E-state index contributed by atoms with van der Waals surface area (Å²) in [5.41, 5.74) is -1.35. The maximum atomic E-state index is 14.1. The molecule has 2 amide bonds. The molecule has 0 aliphatic heterocycles. The molecule has 0 aliphatic carbocycles. The maximum absolute atomic E-state index is 14.1. The van der Waals surface area contributed by atoms with Crippen LogP contribution in [0.5, 0.6) is 5.75 Å². The van der Waals surface area contributed by atoms with E-state index in [1.807, 2.05) is 6.92 Å². The largest absolute Gasteiger partial charge is 0.491 e. The summed E-state index contributed by atoms with van der Waals surface area (Å²) in [6, 6.07) is 4.00. The summed E-state index contributed by atoms with van der Waals surface area (Å²) in [4.78, 5) is 23.9. The van der Waals surface area contributed by atoms with Gasteiger partial charge < -0.3 is 15.4 Å². The highest BCUT2D eigenvalue weighted by atomic mass is 35.5. The minimum Gasteiger partial charge on any atom is -0.491 e. The van der Waals surface area contributed by atoms with Crippen LogP contribution >= 0.6 is 11.6 Å². The normalized spacial score (nSPS) is 10.5. The molecular formula is C18H15ClF4N2O3. The third kappa shape index (κ3) is 4.36. The van der Waals surface area contributed by atoms with Crippen LogP contribution in [0.25, 0.3) is 0 Å². The van der Waals surface area contributed by atoms with E-state index >= 15 is 0 Å². The molecule has 0 aromatic heterocycles. The molecule has 150 valence electrons. The van der Waals surface area contributed by atoms with Crippen molar-refractivity contribution in [3.05, 3.63) is 52.1 Å². The van der Waals surface area contributed by atoms with Crippen molar-refractivity contribution >= 4 is 34.8 Å². The van der Waals surface area contributed by atoms with Crippen molar-refractivity contribution in [2.75, 3.05) is 17.7 Å². The van der Waals surface area contributed by atoms with E-state index in [9.17, 15) is 27.2 Å². The maximum Gasteiger partial charge on any atom is 0.261 e. The van der Waals surface area contributed by atoms with Crippen molar-refractivity contribution in [3.63, 3.8) is 0 Å². The Bertz CT molecular complexity index is 909. The van der Waals surface area contributed by atoms with Crippen LogP contribution in [0.3, 0.4) is 0 Å². The Morgan fingerprint density at radius 2 is 1.64 bits per heavy atom. The van der Waals surface area contributed by atoms with Gasteiger partial charge in [-0.15, -0.1) is 0 Å². The summed E-state index contributed by atoms with van der Waals surface area (Å²) in [5.74, 6) is -10.6. The second-order valence-corrected chi connectivity index (χ2v) is 6.02. The zero-order chi connectivity index (χ0) is 21.0. The number of halogens is 5. The summed E-state index contributed by atoms with van der Waals surface area (Å²) < 4.78 is 60.0. The summed E-state index contributed by atoms with van der Waals surface area (Å²) in [6.45, 7) is 1.81. The second-order valence-electron chi connectivity index (χ2n) is 5.61. The molecule has 0 atom stereocenters. The lowest BCUT2D eigenvalue weighted by molar-refractivity contribution is -0.116. The van der Waals surface area contributed by atoms with E-state index in [1.165, 1.54) is 18.2 Å². The average Bonchev–Trinajstić information content (AvgIpc) is 2.64. The monoisotopic (exact) mass is 418 g/mol. The van der Waals surface area contributed by atoms with Gasteiger partial charge in [0.15, 0.2) is 17.4 Å². The highest BCUT2D eigenvalue weighted by molar-refractivity contribution is 6.34. The third-order valence-corrected chi connectivity index (χ3v) is 3.96. The molecule has 0 heterocycles. The number of nitrogens with one attached hydrogen (secondary N) is 2. The Labute approximate surface area is 162 Å². The van der Waals surface area contributed by atoms with Gasteiger partial charge in [0.2, 0.25) is 17.5 Å². The SMILES string of the molecule is CCCC(=O)Nc1ccc(Cl)c(NC(=O)c2c(F)c(F)c(OC)c(F)c2F)c1. The smallest absolute Gasteiger partial charge is 0.261 e. The third-order valence-electron chi connectivity index (χ3n) is 3.63. The van der Waals surface area contributed by atoms with E-state index in [0.29, 0.717) is 6.42 Å². The molecule has 5 nitrogen and oxygen atoms in total. The van der Waals surface area contributed by atoms with Crippen molar-refractivity contribution in [1.29, 1.82) is 0 Å². The molecule has 0 aliphatic rings. The van der Waals surface area contributed by atoms with Crippen LogP contribution in [0, 0.1) is 23.3 Å². The number of carbonyl (C=O) groups excluding carboxylic acids is 2. The number of methoxy groups -OCH3 is 1. The van der Waals surface area contributed by atoms with Crippen LogP contribution in [0.2, 0.25) is 5.02 Å². The number of hydrogen-bond acceptors (Lipinski definition) is 3. The van der Waals surface area contributed by atoms with Gasteiger partial charge in [0.05, 0.1) is 17.8 Å². The predicted octanol–water partition coefficient (Wildman–Crippen LogP) is 4.90. The van der Waals surface area contributed by atoms with Crippen molar-refractivity contribution in [2.24, 2.45) is 0 Å². The van der Waals surface area contributed by atoms with E-state index in [1.54, 1.807) is 0 Å². The number of amides is 2. The topological polar surface area (TPSA) is 67.4 Å². The minimum atomic E-state index is -1.92. The summed E-state index contributed by atoms with van der Waals surface area (Å²) in [7, 11) is 0.818. The zero-order valence-electron chi connectivity index (χ0n) is 14.8. The molecule has 2 aromatic carbocycles. The van der Waals surface area contributed by atoms with Gasteiger partial charge >= 0.3 is 0 Å². The first kappa shape index (κ1) is 21.5. The molecule has 28 heavy (non-hydrogen) atoms. The average molecular weight is 419 g/mol. The predicted molar refractivity (Wildman–Crippen MR) is 95.8 cm³/mol. The molecule has 0 unspecified atom stereocenters. The van der Waals surface area contributed by atoms with Gasteiger partial charge in [0, 0.05) is 12.1 Å². The van der Waals surface area contributed by atoms with Gasteiger partial charge in [-0.1, -0.05) is 18.5 Å². The summed E-state index contributed by atoms with van der Waals surface area (Å²) in [6.07, 6.45) is 0.862. The number of ether oxygens (including phenoxy) is 1. The molecule has 0 saturated heterocycles. The van der Waals surface area contributed by atoms with E-state index in [2.05, 4.69) is 15.4 Å². The fraction of sp³-hybridized carbons (Fsp3) is 0.222. The van der Waals surface area contributed by atoms with Crippen LogP contribution in [-0.2, 0) is 4.79 Å². The van der Waals surface area contributed by atoms with Crippen LogP contribution < -0.4 is 15.4 Å². The first-order valence-corrected chi connectivity index (χ1v) is 8.39. The first-order chi connectivity index (χ1) is 13.2.